The SMILES string of the molecule is CCN(C(=O)c1ccccn1)C1CCN(C(C)c2ccccc2)C1. The van der Waals surface area contributed by atoms with Crippen LogP contribution in [0.15, 0.2) is 54.7 Å². The molecule has 3 rings (SSSR count). The standard InChI is InChI=1S/C20H25N3O/c1-3-23(20(24)19-11-7-8-13-21-19)18-12-14-22(15-18)16(2)17-9-5-4-6-10-17/h4-11,13,16,18H,3,12,14-15H2,1-2H3. The Morgan fingerprint density at radius 2 is 2.00 bits per heavy atom. The summed E-state index contributed by atoms with van der Waals surface area (Å²) >= 11 is 0. The van der Waals surface area contributed by atoms with Crippen LogP contribution in [-0.2, 0) is 0 Å². The number of pyridine rings is 1. The van der Waals surface area contributed by atoms with Gasteiger partial charge in [0, 0.05) is 37.9 Å². The van der Waals surface area contributed by atoms with Crippen LogP contribution < -0.4 is 0 Å². The summed E-state index contributed by atoms with van der Waals surface area (Å²) in [6, 6.07) is 16.7. The molecule has 1 aromatic carbocycles. The van der Waals surface area contributed by atoms with Crippen LogP contribution in [0.1, 0.15) is 42.4 Å². The number of rotatable bonds is 5. The van der Waals surface area contributed by atoms with Gasteiger partial charge in [-0.25, -0.2) is 0 Å². The summed E-state index contributed by atoms with van der Waals surface area (Å²) in [7, 11) is 0. The van der Waals surface area contributed by atoms with Gasteiger partial charge in [0.25, 0.3) is 5.91 Å². The molecule has 1 aliphatic rings. The van der Waals surface area contributed by atoms with Crippen molar-refractivity contribution in [2.24, 2.45) is 0 Å². The first-order valence-electron chi connectivity index (χ1n) is 8.71. The first kappa shape index (κ1) is 16.7. The van der Waals surface area contributed by atoms with Gasteiger partial charge >= 0.3 is 0 Å². The monoisotopic (exact) mass is 323 g/mol. The number of hydrogen-bond donors (Lipinski definition) is 0. The second-order valence-electron chi connectivity index (χ2n) is 6.33. The largest absolute Gasteiger partial charge is 0.333 e. The number of likely N-dealkylation sites (N-methyl/N-ethyl adjacent to an activating group) is 1. The zero-order valence-electron chi connectivity index (χ0n) is 14.4. The molecule has 0 aliphatic carbocycles. The number of benzene rings is 1. The molecule has 4 heteroatoms. The summed E-state index contributed by atoms with van der Waals surface area (Å²) in [5, 5.41) is 0. The fourth-order valence-corrected chi connectivity index (χ4v) is 3.52. The molecule has 1 fully saturated rings. The van der Waals surface area contributed by atoms with E-state index in [1.165, 1.54) is 5.56 Å². The van der Waals surface area contributed by atoms with Crippen LogP contribution in [0, 0.1) is 0 Å². The highest BCUT2D eigenvalue weighted by molar-refractivity contribution is 5.92. The van der Waals surface area contributed by atoms with Crippen molar-refractivity contribution in [1.29, 1.82) is 0 Å². The number of aromatic nitrogens is 1. The molecule has 1 aromatic heterocycles. The molecule has 0 spiro atoms. The third-order valence-corrected chi connectivity index (χ3v) is 4.95. The molecule has 4 nitrogen and oxygen atoms in total. The first-order valence-corrected chi connectivity index (χ1v) is 8.71. The molecule has 0 radical (unpaired) electrons. The van der Waals surface area contributed by atoms with Crippen molar-refractivity contribution in [2.75, 3.05) is 19.6 Å². The summed E-state index contributed by atoms with van der Waals surface area (Å²) in [5.41, 5.74) is 1.87. The van der Waals surface area contributed by atoms with Crippen molar-refractivity contribution in [2.45, 2.75) is 32.4 Å². The van der Waals surface area contributed by atoms with Crippen LogP contribution in [0.2, 0.25) is 0 Å². The van der Waals surface area contributed by atoms with Gasteiger partial charge in [0.2, 0.25) is 0 Å². The van der Waals surface area contributed by atoms with E-state index < -0.39 is 0 Å². The lowest BCUT2D eigenvalue weighted by Gasteiger charge is -2.29. The van der Waals surface area contributed by atoms with Gasteiger partial charge in [-0.3, -0.25) is 14.7 Å². The Morgan fingerprint density at radius 3 is 2.67 bits per heavy atom. The number of nitrogens with zero attached hydrogens (tertiary/aromatic N) is 3. The van der Waals surface area contributed by atoms with Crippen molar-refractivity contribution >= 4 is 5.91 Å². The van der Waals surface area contributed by atoms with Gasteiger partial charge in [0.15, 0.2) is 0 Å². The topological polar surface area (TPSA) is 36.4 Å². The molecule has 1 saturated heterocycles. The second kappa shape index (κ2) is 7.58. The molecule has 2 heterocycles. The Hall–Kier alpha value is -2.20. The third kappa shape index (κ3) is 3.49. The lowest BCUT2D eigenvalue weighted by atomic mass is 10.1. The molecule has 0 bridgehead atoms. The van der Waals surface area contributed by atoms with E-state index in [0.717, 1.165) is 19.5 Å². The van der Waals surface area contributed by atoms with E-state index in [1.54, 1.807) is 12.3 Å². The zero-order valence-corrected chi connectivity index (χ0v) is 14.4. The van der Waals surface area contributed by atoms with E-state index in [9.17, 15) is 4.79 Å². The Kier molecular flexibility index (Phi) is 5.26. The van der Waals surface area contributed by atoms with Gasteiger partial charge < -0.3 is 4.90 Å². The van der Waals surface area contributed by atoms with E-state index in [4.69, 9.17) is 0 Å². The number of likely N-dealkylation sites (tertiary alicyclic amines) is 1. The summed E-state index contributed by atoms with van der Waals surface area (Å²) in [4.78, 5) is 21.4. The third-order valence-electron chi connectivity index (χ3n) is 4.95. The average molecular weight is 323 g/mol. The Morgan fingerprint density at radius 1 is 1.25 bits per heavy atom. The number of carbonyl (C=O) groups excluding carboxylic acids is 1. The van der Waals surface area contributed by atoms with Gasteiger partial charge in [-0.1, -0.05) is 36.4 Å². The van der Waals surface area contributed by atoms with Crippen molar-refractivity contribution in [3.63, 3.8) is 0 Å². The maximum Gasteiger partial charge on any atom is 0.272 e. The van der Waals surface area contributed by atoms with Gasteiger partial charge in [-0.05, 0) is 38.0 Å². The molecule has 2 unspecified atom stereocenters. The average Bonchev–Trinajstić information content (AvgIpc) is 3.13. The Bertz CT molecular complexity index is 659. The Labute approximate surface area is 144 Å². The number of carbonyl (C=O) groups is 1. The summed E-state index contributed by atoms with van der Waals surface area (Å²) in [6.45, 7) is 6.95. The summed E-state index contributed by atoms with van der Waals surface area (Å²) in [6.07, 6.45) is 2.70. The van der Waals surface area contributed by atoms with Crippen LogP contribution in [-0.4, -0.2) is 46.4 Å². The maximum absolute atomic E-state index is 12.8. The highest BCUT2D eigenvalue weighted by Crippen LogP contribution is 2.27. The molecule has 1 aliphatic heterocycles. The van der Waals surface area contributed by atoms with Crippen LogP contribution in [0.5, 0.6) is 0 Å². The molecule has 2 atom stereocenters. The molecule has 126 valence electrons. The Balaban J connectivity index is 1.68. The van der Waals surface area contributed by atoms with Crippen molar-refractivity contribution in [1.82, 2.24) is 14.8 Å². The molecule has 0 saturated carbocycles. The van der Waals surface area contributed by atoms with Crippen molar-refractivity contribution < 1.29 is 4.79 Å². The molecule has 2 aromatic rings. The molecule has 24 heavy (non-hydrogen) atoms. The van der Waals surface area contributed by atoms with E-state index in [2.05, 4.69) is 41.1 Å². The lowest BCUT2D eigenvalue weighted by molar-refractivity contribution is 0.0683. The van der Waals surface area contributed by atoms with Gasteiger partial charge in [-0.15, -0.1) is 0 Å². The zero-order chi connectivity index (χ0) is 16.9. The fourth-order valence-electron chi connectivity index (χ4n) is 3.52. The van der Waals surface area contributed by atoms with E-state index in [0.29, 0.717) is 18.3 Å². The van der Waals surface area contributed by atoms with E-state index in [-0.39, 0.29) is 11.9 Å². The van der Waals surface area contributed by atoms with Gasteiger partial charge in [0.1, 0.15) is 5.69 Å². The quantitative estimate of drug-likeness (QED) is 0.846. The van der Waals surface area contributed by atoms with Crippen LogP contribution in [0.4, 0.5) is 0 Å². The molecule has 1 amide bonds. The fraction of sp³-hybridized carbons (Fsp3) is 0.400. The highest BCUT2D eigenvalue weighted by Gasteiger charge is 2.32. The maximum atomic E-state index is 12.8. The van der Waals surface area contributed by atoms with Gasteiger partial charge in [-0.2, -0.15) is 0 Å². The predicted molar refractivity (Wildman–Crippen MR) is 95.8 cm³/mol. The highest BCUT2D eigenvalue weighted by atomic mass is 16.2. The van der Waals surface area contributed by atoms with E-state index >= 15 is 0 Å². The van der Waals surface area contributed by atoms with E-state index in [1.807, 2.05) is 30.0 Å². The van der Waals surface area contributed by atoms with Crippen molar-refractivity contribution in [3.8, 4) is 0 Å². The normalized spacial score (nSPS) is 19.2. The smallest absolute Gasteiger partial charge is 0.272 e. The summed E-state index contributed by atoms with van der Waals surface area (Å²) < 4.78 is 0. The minimum Gasteiger partial charge on any atom is -0.333 e. The van der Waals surface area contributed by atoms with Crippen LogP contribution >= 0.6 is 0 Å². The lowest BCUT2D eigenvalue weighted by Crippen LogP contribution is -2.42. The summed E-state index contributed by atoms with van der Waals surface area (Å²) in [5.74, 6) is 0.0392. The first-order chi connectivity index (χ1) is 11.7. The van der Waals surface area contributed by atoms with Crippen molar-refractivity contribution in [3.05, 3.63) is 66.0 Å². The van der Waals surface area contributed by atoms with Gasteiger partial charge in [0.05, 0.1) is 0 Å². The molecular formula is C20H25N3O. The second-order valence-corrected chi connectivity index (χ2v) is 6.33. The minimum absolute atomic E-state index is 0.0392. The number of hydrogen-bond acceptors (Lipinski definition) is 3. The molecule has 0 N–H and O–H groups in total. The molecular weight excluding hydrogens is 298 g/mol. The van der Waals surface area contributed by atoms with Crippen LogP contribution in [0.3, 0.4) is 0 Å². The number of amides is 1. The van der Waals surface area contributed by atoms with Crippen LogP contribution in [0.25, 0.3) is 0 Å². The minimum atomic E-state index is 0.0392. The predicted octanol–water partition coefficient (Wildman–Crippen LogP) is 3.38.